The van der Waals surface area contributed by atoms with Crippen molar-refractivity contribution in [3.63, 3.8) is 0 Å². The highest BCUT2D eigenvalue weighted by molar-refractivity contribution is 7.26. The lowest BCUT2D eigenvalue weighted by molar-refractivity contribution is 0.667. The van der Waals surface area contributed by atoms with E-state index in [-0.39, 0.29) is 0 Å². The van der Waals surface area contributed by atoms with Crippen LogP contribution in [0.15, 0.2) is 162 Å². The molecule has 7 aromatic carbocycles. The third kappa shape index (κ3) is 4.49. The van der Waals surface area contributed by atoms with E-state index in [1.54, 1.807) is 6.33 Å². The van der Waals surface area contributed by atoms with E-state index >= 15 is 0 Å². The number of rotatable bonds is 4. The monoisotopic (exact) mass is 686 g/mol. The van der Waals surface area contributed by atoms with Gasteiger partial charge in [0.25, 0.3) is 0 Å². The molecule has 0 unspecified atom stereocenters. The Hall–Kier alpha value is -6.14. The first-order valence-corrected chi connectivity index (χ1v) is 18.6. The van der Waals surface area contributed by atoms with Gasteiger partial charge in [-0.1, -0.05) is 115 Å². The van der Waals surface area contributed by atoms with Gasteiger partial charge in [-0.25, -0.2) is 9.97 Å². The average Bonchev–Trinajstić information content (AvgIpc) is 3.89. The van der Waals surface area contributed by atoms with Gasteiger partial charge in [-0.3, -0.25) is 0 Å². The van der Waals surface area contributed by atoms with Crippen LogP contribution in [0.25, 0.3) is 107 Å². The van der Waals surface area contributed by atoms with Crippen molar-refractivity contribution >= 4 is 85.1 Å². The summed E-state index contributed by atoms with van der Waals surface area (Å²) in [5.74, 6) is 0. The first-order valence-electron chi connectivity index (χ1n) is 17.0. The first kappa shape index (κ1) is 28.7. The van der Waals surface area contributed by atoms with E-state index in [0.29, 0.717) is 5.58 Å². The number of hydrogen-bond acceptors (Lipinski definition) is 5. The van der Waals surface area contributed by atoms with Crippen molar-refractivity contribution in [3.05, 3.63) is 158 Å². The van der Waals surface area contributed by atoms with Crippen molar-refractivity contribution in [3.8, 4) is 44.6 Å². The fourth-order valence-electron chi connectivity index (χ4n) is 7.61. The summed E-state index contributed by atoms with van der Waals surface area (Å²) < 4.78 is 11.8. The number of benzene rings is 7. The zero-order valence-electron chi connectivity index (χ0n) is 27.1. The van der Waals surface area contributed by atoms with Crippen molar-refractivity contribution in [2.24, 2.45) is 0 Å². The van der Waals surface area contributed by atoms with E-state index in [1.165, 1.54) is 57.0 Å². The van der Waals surface area contributed by atoms with Gasteiger partial charge in [-0.15, -0.1) is 22.7 Å². The Bertz CT molecular complexity index is 3170. The Morgan fingerprint density at radius 1 is 0.412 bits per heavy atom. The van der Waals surface area contributed by atoms with E-state index in [2.05, 4.69) is 152 Å². The molecule has 11 rings (SSSR count). The zero-order chi connectivity index (χ0) is 33.5. The summed E-state index contributed by atoms with van der Waals surface area (Å²) in [6, 6.07) is 54.4. The molecule has 3 nitrogen and oxygen atoms in total. The van der Waals surface area contributed by atoms with Gasteiger partial charge in [0.15, 0.2) is 5.58 Å². The van der Waals surface area contributed by atoms with Crippen molar-refractivity contribution in [2.45, 2.75) is 0 Å². The van der Waals surface area contributed by atoms with Gasteiger partial charge in [0, 0.05) is 51.3 Å². The number of fused-ring (bicyclic) bond motifs is 9. The van der Waals surface area contributed by atoms with Crippen LogP contribution < -0.4 is 0 Å². The molecule has 51 heavy (non-hydrogen) atoms. The van der Waals surface area contributed by atoms with E-state index in [1.807, 2.05) is 22.7 Å². The lowest BCUT2D eigenvalue weighted by atomic mass is 9.97. The number of thiophene rings is 2. The minimum atomic E-state index is 0.701. The summed E-state index contributed by atoms with van der Waals surface area (Å²) in [4.78, 5) is 9.52. The highest BCUT2D eigenvalue weighted by Crippen LogP contribution is 2.43. The smallest absolute Gasteiger partial charge is 0.180 e. The van der Waals surface area contributed by atoms with Gasteiger partial charge in [0.2, 0.25) is 0 Å². The molecule has 4 aromatic heterocycles. The lowest BCUT2D eigenvalue weighted by Gasteiger charge is -2.08. The van der Waals surface area contributed by atoms with Crippen LogP contribution in [0.4, 0.5) is 0 Å². The fraction of sp³-hybridized carbons (Fsp3) is 0. The molecular weight excluding hydrogens is 661 g/mol. The standard InChI is InChI=1S/C46H26N2OS2/c1-3-19-40-34(13-1)36-17-7-15-32(45(36)50-40)29-10-5-9-27(23-29)28-21-22-39-38(25-28)43-44(49-39)42(47-26-48-43)31-12-6-11-30(24-31)33-16-8-18-37-35-14-2-4-20-41(35)51-46(33)37/h1-26H. The molecule has 5 heteroatoms. The average molecular weight is 687 g/mol. The second-order valence-corrected chi connectivity index (χ2v) is 15.0. The number of hydrogen-bond donors (Lipinski definition) is 0. The molecule has 0 aliphatic heterocycles. The quantitative estimate of drug-likeness (QED) is 0.185. The Kier molecular flexibility index (Phi) is 6.29. The van der Waals surface area contributed by atoms with Gasteiger partial charge < -0.3 is 4.42 Å². The largest absolute Gasteiger partial charge is 0.452 e. The van der Waals surface area contributed by atoms with Gasteiger partial charge in [0.1, 0.15) is 23.1 Å². The Labute approximate surface area is 300 Å². The highest BCUT2D eigenvalue weighted by atomic mass is 32.1. The molecule has 0 spiro atoms. The molecule has 0 N–H and O–H groups in total. The summed E-state index contributed by atoms with van der Waals surface area (Å²) in [5.41, 5.74) is 11.2. The topological polar surface area (TPSA) is 38.9 Å². The van der Waals surface area contributed by atoms with Gasteiger partial charge in [0.05, 0.1) is 0 Å². The second-order valence-electron chi connectivity index (χ2n) is 12.9. The molecule has 0 radical (unpaired) electrons. The predicted octanol–water partition coefficient (Wildman–Crippen LogP) is 13.8. The van der Waals surface area contributed by atoms with Gasteiger partial charge in [-0.2, -0.15) is 0 Å². The highest BCUT2D eigenvalue weighted by Gasteiger charge is 2.18. The zero-order valence-corrected chi connectivity index (χ0v) is 28.8. The van der Waals surface area contributed by atoms with E-state index in [0.717, 1.165) is 44.4 Å². The number of aromatic nitrogens is 2. The summed E-state index contributed by atoms with van der Waals surface area (Å²) in [5, 5.41) is 6.19. The van der Waals surface area contributed by atoms with Crippen molar-refractivity contribution in [1.29, 1.82) is 0 Å². The van der Waals surface area contributed by atoms with Crippen LogP contribution in [0.2, 0.25) is 0 Å². The third-order valence-corrected chi connectivity index (χ3v) is 12.5. The summed E-state index contributed by atoms with van der Waals surface area (Å²) in [6.07, 6.45) is 1.66. The van der Waals surface area contributed by atoms with Gasteiger partial charge in [-0.05, 0) is 69.8 Å². The number of nitrogens with zero attached hydrogens (tertiary/aromatic N) is 2. The SMILES string of the molecule is c1cc(-c2ccc3oc4c(-c5cccc(-c6cccc7c6sc6ccccc67)c5)ncnc4c3c2)cc(-c2cccc3c2sc2ccccc23)c1. The molecule has 0 aliphatic carbocycles. The van der Waals surface area contributed by atoms with Crippen LogP contribution in [0.3, 0.4) is 0 Å². The molecule has 0 amide bonds. The minimum Gasteiger partial charge on any atom is -0.452 e. The molecule has 0 aliphatic rings. The normalized spacial score (nSPS) is 11.9. The second kappa shape index (κ2) is 11.2. The van der Waals surface area contributed by atoms with Crippen LogP contribution in [0, 0.1) is 0 Å². The molecule has 11 aromatic rings. The van der Waals surface area contributed by atoms with Crippen LogP contribution in [-0.2, 0) is 0 Å². The lowest BCUT2D eigenvalue weighted by Crippen LogP contribution is -1.88. The molecule has 238 valence electrons. The Balaban J connectivity index is 1.00. The molecule has 0 saturated carbocycles. The van der Waals surface area contributed by atoms with E-state index < -0.39 is 0 Å². The van der Waals surface area contributed by atoms with E-state index in [4.69, 9.17) is 14.4 Å². The maximum atomic E-state index is 6.53. The van der Waals surface area contributed by atoms with Crippen LogP contribution >= 0.6 is 22.7 Å². The van der Waals surface area contributed by atoms with Crippen molar-refractivity contribution in [1.82, 2.24) is 9.97 Å². The fourth-order valence-corrected chi connectivity index (χ4v) is 10.1. The van der Waals surface area contributed by atoms with Crippen LogP contribution in [0.1, 0.15) is 0 Å². The van der Waals surface area contributed by atoms with Crippen molar-refractivity contribution < 1.29 is 4.42 Å². The molecule has 4 heterocycles. The maximum absolute atomic E-state index is 6.53. The molecule has 0 saturated heterocycles. The van der Waals surface area contributed by atoms with Gasteiger partial charge >= 0.3 is 0 Å². The number of furan rings is 1. The maximum Gasteiger partial charge on any atom is 0.180 e. The van der Waals surface area contributed by atoms with Crippen molar-refractivity contribution in [2.75, 3.05) is 0 Å². The minimum absolute atomic E-state index is 0.701. The summed E-state index contributed by atoms with van der Waals surface area (Å²) in [6.45, 7) is 0. The van der Waals surface area contributed by atoms with Crippen LogP contribution in [0.5, 0.6) is 0 Å². The Morgan fingerprint density at radius 3 is 1.65 bits per heavy atom. The predicted molar refractivity (Wildman–Crippen MR) is 217 cm³/mol. The summed E-state index contributed by atoms with van der Waals surface area (Å²) >= 11 is 3.71. The Morgan fingerprint density at radius 2 is 0.961 bits per heavy atom. The summed E-state index contributed by atoms with van der Waals surface area (Å²) in [7, 11) is 0. The van der Waals surface area contributed by atoms with Crippen LogP contribution in [-0.4, -0.2) is 9.97 Å². The molecule has 0 bridgehead atoms. The third-order valence-electron chi connectivity index (χ3n) is 10.0. The molecule has 0 atom stereocenters. The molecular formula is C46H26N2OS2. The first-order chi connectivity index (χ1) is 25.3. The van der Waals surface area contributed by atoms with E-state index in [9.17, 15) is 0 Å². The molecule has 0 fully saturated rings.